The van der Waals surface area contributed by atoms with E-state index in [4.69, 9.17) is 4.74 Å². The average molecular weight is 271 g/mol. The lowest BCUT2D eigenvalue weighted by Crippen LogP contribution is -2.54. The van der Waals surface area contributed by atoms with Crippen molar-refractivity contribution in [1.29, 1.82) is 0 Å². The van der Waals surface area contributed by atoms with Gasteiger partial charge in [0, 0.05) is 25.6 Å². The number of carboxylic acids is 1. The number of ether oxygens (including phenoxy) is 1. The lowest BCUT2D eigenvalue weighted by atomic mass is 9.79. The van der Waals surface area contributed by atoms with E-state index in [1.54, 1.807) is 4.90 Å². The molecule has 1 atom stereocenters. The van der Waals surface area contributed by atoms with Crippen molar-refractivity contribution < 1.29 is 19.4 Å². The fourth-order valence-electron chi connectivity index (χ4n) is 2.51. The van der Waals surface area contributed by atoms with Crippen LogP contribution in [0.4, 0.5) is 0 Å². The summed E-state index contributed by atoms with van der Waals surface area (Å²) >= 11 is 0. The van der Waals surface area contributed by atoms with E-state index in [1.807, 2.05) is 20.8 Å². The molecule has 19 heavy (non-hydrogen) atoms. The van der Waals surface area contributed by atoms with Crippen molar-refractivity contribution in [2.75, 3.05) is 26.8 Å². The van der Waals surface area contributed by atoms with Crippen LogP contribution < -0.4 is 0 Å². The Morgan fingerprint density at radius 2 is 2.05 bits per heavy atom. The maximum Gasteiger partial charge on any atom is 0.313 e. The minimum Gasteiger partial charge on any atom is -0.481 e. The summed E-state index contributed by atoms with van der Waals surface area (Å²) < 4.78 is 5.07. The summed E-state index contributed by atoms with van der Waals surface area (Å²) in [6.07, 6.45) is 2.01. The van der Waals surface area contributed by atoms with Gasteiger partial charge >= 0.3 is 5.97 Å². The molecule has 0 bridgehead atoms. The maximum absolute atomic E-state index is 12.5. The number of carbonyl (C=O) groups is 2. The van der Waals surface area contributed by atoms with Crippen molar-refractivity contribution in [2.24, 2.45) is 10.8 Å². The summed E-state index contributed by atoms with van der Waals surface area (Å²) in [7, 11) is 1.50. The molecule has 110 valence electrons. The van der Waals surface area contributed by atoms with E-state index in [-0.39, 0.29) is 19.1 Å². The van der Waals surface area contributed by atoms with Gasteiger partial charge in [-0.2, -0.15) is 0 Å². The van der Waals surface area contributed by atoms with Crippen LogP contribution in [0.2, 0.25) is 0 Å². The monoisotopic (exact) mass is 271 g/mol. The number of hydrogen-bond acceptors (Lipinski definition) is 3. The number of carboxylic acid groups (broad SMARTS) is 1. The number of aliphatic carboxylic acids is 1. The van der Waals surface area contributed by atoms with Gasteiger partial charge in [-0.3, -0.25) is 9.59 Å². The van der Waals surface area contributed by atoms with Crippen LogP contribution in [0.1, 0.15) is 40.0 Å². The third kappa shape index (κ3) is 3.26. The van der Waals surface area contributed by atoms with Crippen LogP contribution in [0.25, 0.3) is 0 Å². The molecule has 1 aliphatic heterocycles. The summed E-state index contributed by atoms with van der Waals surface area (Å²) in [5, 5.41) is 9.46. The zero-order valence-corrected chi connectivity index (χ0v) is 12.4. The standard InChI is InChI=1S/C14H25NO4/c1-5-13(2,3)11(16)15-8-6-7-14(9-15,10-19-4)12(17)18/h5-10H2,1-4H3,(H,17,18). The molecule has 1 rings (SSSR count). The molecule has 1 aliphatic rings. The minimum absolute atomic E-state index is 0.0384. The van der Waals surface area contributed by atoms with Crippen LogP contribution >= 0.6 is 0 Å². The molecule has 1 unspecified atom stereocenters. The molecular weight excluding hydrogens is 246 g/mol. The van der Waals surface area contributed by atoms with Gasteiger partial charge < -0.3 is 14.7 Å². The zero-order chi connectivity index (χ0) is 14.7. The Morgan fingerprint density at radius 3 is 2.53 bits per heavy atom. The van der Waals surface area contributed by atoms with Gasteiger partial charge in [0.25, 0.3) is 0 Å². The first-order valence-corrected chi connectivity index (χ1v) is 6.81. The number of rotatable bonds is 5. The molecule has 5 nitrogen and oxygen atoms in total. The minimum atomic E-state index is -0.952. The lowest BCUT2D eigenvalue weighted by molar-refractivity contribution is -0.161. The van der Waals surface area contributed by atoms with E-state index in [9.17, 15) is 14.7 Å². The Hall–Kier alpha value is -1.10. The molecule has 1 fully saturated rings. The fraction of sp³-hybridized carbons (Fsp3) is 0.857. The van der Waals surface area contributed by atoms with Crippen LogP contribution in [0.15, 0.2) is 0 Å². The quantitative estimate of drug-likeness (QED) is 0.827. The van der Waals surface area contributed by atoms with Gasteiger partial charge in [-0.25, -0.2) is 0 Å². The van der Waals surface area contributed by atoms with E-state index >= 15 is 0 Å². The second kappa shape index (κ2) is 5.90. The van der Waals surface area contributed by atoms with Gasteiger partial charge in [-0.1, -0.05) is 20.8 Å². The molecule has 1 N–H and O–H groups in total. The van der Waals surface area contributed by atoms with Crippen molar-refractivity contribution in [2.45, 2.75) is 40.0 Å². The van der Waals surface area contributed by atoms with Gasteiger partial charge in [-0.05, 0) is 19.3 Å². The first-order chi connectivity index (χ1) is 8.79. The highest BCUT2D eigenvalue weighted by Crippen LogP contribution is 2.33. The third-order valence-electron chi connectivity index (χ3n) is 4.20. The SMILES string of the molecule is CCC(C)(C)C(=O)N1CCCC(COC)(C(=O)O)C1. The summed E-state index contributed by atoms with van der Waals surface area (Å²) in [6.45, 7) is 6.82. The molecule has 0 aliphatic carbocycles. The van der Waals surface area contributed by atoms with Gasteiger partial charge in [0.1, 0.15) is 5.41 Å². The second-order valence-electron chi connectivity index (χ2n) is 6.09. The third-order valence-corrected chi connectivity index (χ3v) is 4.20. The molecule has 0 saturated carbocycles. The summed E-state index contributed by atoms with van der Waals surface area (Å²) in [5.41, 5.74) is -1.39. The van der Waals surface area contributed by atoms with Crippen LogP contribution in [0, 0.1) is 10.8 Å². The first-order valence-electron chi connectivity index (χ1n) is 6.81. The number of nitrogens with zero attached hydrogens (tertiary/aromatic N) is 1. The van der Waals surface area contributed by atoms with Crippen molar-refractivity contribution >= 4 is 11.9 Å². The highest BCUT2D eigenvalue weighted by atomic mass is 16.5. The normalized spacial score (nSPS) is 24.3. The molecule has 0 spiro atoms. The molecule has 0 radical (unpaired) electrons. The van der Waals surface area contributed by atoms with Crippen molar-refractivity contribution in [3.63, 3.8) is 0 Å². The van der Waals surface area contributed by atoms with Gasteiger partial charge in [0.15, 0.2) is 0 Å². The highest BCUT2D eigenvalue weighted by Gasteiger charge is 2.45. The Bertz CT molecular complexity index is 349. The van der Waals surface area contributed by atoms with Crippen molar-refractivity contribution in [1.82, 2.24) is 4.90 Å². The smallest absolute Gasteiger partial charge is 0.313 e. The zero-order valence-electron chi connectivity index (χ0n) is 12.4. The highest BCUT2D eigenvalue weighted by molar-refractivity contribution is 5.83. The van der Waals surface area contributed by atoms with Gasteiger partial charge in [0.05, 0.1) is 6.61 Å². The van der Waals surface area contributed by atoms with Crippen LogP contribution in [-0.2, 0) is 14.3 Å². The number of amides is 1. The van der Waals surface area contributed by atoms with E-state index < -0.39 is 16.8 Å². The average Bonchev–Trinajstić information content (AvgIpc) is 2.38. The lowest BCUT2D eigenvalue weighted by Gasteiger charge is -2.42. The molecule has 0 aromatic carbocycles. The Balaban J connectivity index is 2.89. The summed E-state index contributed by atoms with van der Waals surface area (Å²) in [5.74, 6) is -0.836. The molecule has 5 heteroatoms. The summed E-state index contributed by atoms with van der Waals surface area (Å²) in [4.78, 5) is 25.7. The van der Waals surface area contributed by atoms with Gasteiger partial charge in [-0.15, -0.1) is 0 Å². The van der Waals surface area contributed by atoms with Crippen LogP contribution in [0.3, 0.4) is 0 Å². The van der Waals surface area contributed by atoms with E-state index in [2.05, 4.69) is 0 Å². The van der Waals surface area contributed by atoms with E-state index in [0.717, 1.165) is 6.42 Å². The van der Waals surface area contributed by atoms with Crippen LogP contribution in [-0.4, -0.2) is 48.7 Å². The Kier molecular flexibility index (Phi) is 4.96. The first kappa shape index (κ1) is 16.0. The number of hydrogen-bond donors (Lipinski definition) is 1. The number of piperidine rings is 1. The largest absolute Gasteiger partial charge is 0.481 e. The predicted octanol–water partition coefficient (Wildman–Crippen LogP) is 1.76. The van der Waals surface area contributed by atoms with E-state index in [1.165, 1.54) is 7.11 Å². The van der Waals surface area contributed by atoms with Gasteiger partial charge in [0.2, 0.25) is 5.91 Å². The molecular formula is C14H25NO4. The van der Waals surface area contributed by atoms with E-state index in [0.29, 0.717) is 19.4 Å². The van der Waals surface area contributed by atoms with Crippen LogP contribution in [0.5, 0.6) is 0 Å². The summed E-state index contributed by atoms with van der Waals surface area (Å²) in [6, 6.07) is 0. The fourth-order valence-corrected chi connectivity index (χ4v) is 2.51. The van der Waals surface area contributed by atoms with Crippen molar-refractivity contribution in [3.05, 3.63) is 0 Å². The number of likely N-dealkylation sites (tertiary alicyclic amines) is 1. The number of carbonyl (C=O) groups excluding carboxylic acids is 1. The Morgan fingerprint density at radius 1 is 1.42 bits per heavy atom. The Labute approximate surface area is 114 Å². The topological polar surface area (TPSA) is 66.8 Å². The molecule has 0 aromatic heterocycles. The molecule has 0 aromatic rings. The molecule has 1 heterocycles. The van der Waals surface area contributed by atoms with Crippen molar-refractivity contribution in [3.8, 4) is 0 Å². The molecule has 1 amide bonds. The second-order valence-corrected chi connectivity index (χ2v) is 6.09. The maximum atomic E-state index is 12.5. The number of methoxy groups -OCH3 is 1. The predicted molar refractivity (Wildman–Crippen MR) is 71.8 cm³/mol. The molecule has 1 saturated heterocycles.